The second-order valence-electron chi connectivity index (χ2n) is 8.59. The van der Waals surface area contributed by atoms with E-state index in [1.165, 1.54) is 0 Å². The number of benzene rings is 1. The van der Waals surface area contributed by atoms with Crippen molar-refractivity contribution in [2.24, 2.45) is 5.73 Å². The van der Waals surface area contributed by atoms with Crippen LogP contribution in [0.5, 0.6) is 0 Å². The molecule has 0 bridgehead atoms. The average Bonchev–Trinajstić information content (AvgIpc) is 3.24. The van der Waals surface area contributed by atoms with Gasteiger partial charge in [-0.3, -0.25) is 5.32 Å². The van der Waals surface area contributed by atoms with E-state index in [1.807, 2.05) is 39.0 Å². The third kappa shape index (κ3) is 4.27. The summed E-state index contributed by atoms with van der Waals surface area (Å²) in [5.41, 5.74) is 7.87. The fourth-order valence-corrected chi connectivity index (χ4v) is 3.83. The van der Waals surface area contributed by atoms with Gasteiger partial charge in [0.05, 0.1) is 0 Å². The molecule has 152 valence electrons. The first kappa shape index (κ1) is 19.5. The number of nitrogens with one attached hydrogen (secondary N) is 2. The fraction of sp³-hybridized carbons (Fsp3) is 0.550. The molecular formula is C20H27ClN4O3. The lowest BCUT2D eigenvalue weighted by molar-refractivity contribution is 0.0175. The molecule has 4 atom stereocenters. The normalized spacial score (nSPS) is 27.8. The maximum atomic E-state index is 12.2. The average molecular weight is 407 g/mol. The van der Waals surface area contributed by atoms with Crippen molar-refractivity contribution in [2.45, 2.75) is 57.2 Å². The second-order valence-corrected chi connectivity index (χ2v) is 9.02. The van der Waals surface area contributed by atoms with Crippen LogP contribution in [-0.4, -0.2) is 53.0 Å². The molecule has 2 aliphatic heterocycles. The summed E-state index contributed by atoms with van der Waals surface area (Å²) in [6.45, 7) is 6.67. The second kappa shape index (κ2) is 7.22. The summed E-state index contributed by atoms with van der Waals surface area (Å²) >= 11 is 6.06. The van der Waals surface area contributed by atoms with Crippen LogP contribution < -0.4 is 11.1 Å². The van der Waals surface area contributed by atoms with Crippen LogP contribution in [0.25, 0.3) is 10.9 Å². The molecule has 4 rings (SSSR count). The van der Waals surface area contributed by atoms with E-state index in [9.17, 15) is 4.79 Å². The molecule has 2 aliphatic rings. The molecule has 0 saturated carbocycles. The molecule has 4 N–H and O–H groups in total. The number of hydrogen-bond donors (Lipinski definition) is 3. The molecule has 2 unspecified atom stereocenters. The lowest BCUT2D eigenvalue weighted by Gasteiger charge is -2.37. The van der Waals surface area contributed by atoms with Crippen molar-refractivity contribution < 1.29 is 14.3 Å². The van der Waals surface area contributed by atoms with Gasteiger partial charge in [-0.1, -0.05) is 11.6 Å². The summed E-state index contributed by atoms with van der Waals surface area (Å²) in [5.74, 6) is 0. The fourth-order valence-electron chi connectivity index (χ4n) is 3.65. The lowest BCUT2D eigenvalue weighted by atomic mass is 10.00. The van der Waals surface area contributed by atoms with Crippen molar-refractivity contribution in [3.05, 3.63) is 35.0 Å². The topological polar surface area (TPSA) is 95.9 Å². The number of fused-ring (bicyclic) bond motifs is 1. The Morgan fingerprint density at radius 2 is 2.18 bits per heavy atom. The number of rotatable bonds is 3. The van der Waals surface area contributed by atoms with Crippen LogP contribution in [0, 0.1) is 0 Å². The van der Waals surface area contributed by atoms with E-state index in [1.54, 1.807) is 4.90 Å². The van der Waals surface area contributed by atoms with E-state index in [2.05, 4.69) is 16.4 Å². The van der Waals surface area contributed by atoms with Crippen molar-refractivity contribution in [1.82, 2.24) is 15.2 Å². The molecule has 0 aliphatic carbocycles. The number of likely N-dealkylation sites (tertiary alicyclic amines) is 1. The van der Waals surface area contributed by atoms with Gasteiger partial charge in [0.1, 0.15) is 17.9 Å². The van der Waals surface area contributed by atoms with Crippen LogP contribution in [0.2, 0.25) is 5.02 Å². The Morgan fingerprint density at radius 1 is 1.39 bits per heavy atom. The van der Waals surface area contributed by atoms with Gasteiger partial charge < -0.3 is 25.1 Å². The number of amides is 1. The number of hydrogen-bond acceptors (Lipinski definition) is 5. The third-order valence-electron chi connectivity index (χ3n) is 5.09. The van der Waals surface area contributed by atoms with Gasteiger partial charge in [0.2, 0.25) is 0 Å². The lowest BCUT2D eigenvalue weighted by Crippen LogP contribution is -2.58. The Kier molecular flexibility index (Phi) is 5.03. The Morgan fingerprint density at radius 3 is 2.89 bits per heavy atom. The molecule has 2 fully saturated rings. The van der Waals surface area contributed by atoms with Crippen LogP contribution in [0.4, 0.5) is 4.79 Å². The van der Waals surface area contributed by atoms with Gasteiger partial charge in [-0.2, -0.15) is 0 Å². The molecule has 1 aromatic carbocycles. The first-order chi connectivity index (χ1) is 13.2. The summed E-state index contributed by atoms with van der Waals surface area (Å²) in [6.07, 6.45) is 0.351. The summed E-state index contributed by atoms with van der Waals surface area (Å²) < 4.78 is 11.3. The van der Waals surface area contributed by atoms with Crippen LogP contribution in [0.15, 0.2) is 24.3 Å². The molecule has 0 radical (unpaired) electrons. The van der Waals surface area contributed by atoms with Crippen molar-refractivity contribution in [3.63, 3.8) is 0 Å². The highest BCUT2D eigenvalue weighted by Crippen LogP contribution is 2.38. The molecule has 2 saturated heterocycles. The summed E-state index contributed by atoms with van der Waals surface area (Å²) in [7, 11) is 0. The minimum atomic E-state index is -0.505. The smallest absolute Gasteiger partial charge is 0.410 e. The number of aromatic nitrogens is 1. The van der Waals surface area contributed by atoms with E-state index in [0.717, 1.165) is 23.0 Å². The number of halogens is 1. The van der Waals surface area contributed by atoms with Gasteiger partial charge in [0, 0.05) is 46.8 Å². The summed E-state index contributed by atoms with van der Waals surface area (Å²) in [4.78, 5) is 17.3. The number of aromatic amines is 1. The summed E-state index contributed by atoms with van der Waals surface area (Å²) in [6, 6.07) is 7.75. The van der Waals surface area contributed by atoms with Crippen molar-refractivity contribution in [1.29, 1.82) is 0 Å². The maximum absolute atomic E-state index is 12.2. The minimum absolute atomic E-state index is 0.0257. The molecule has 1 aromatic heterocycles. The largest absolute Gasteiger partial charge is 0.444 e. The molecule has 8 heteroatoms. The molecule has 7 nitrogen and oxygen atoms in total. The first-order valence-corrected chi connectivity index (χ1v) is 10.0. The molecule has 28 heavy (non-hydrogen) atoms. The zero-order chi connectivity index (χ0) is 20.1. The van der Waals surface area contributed by atoms with Crippen molar-refractivity contribution in [2.75, 3.05) is 13.1 Å². The molecule has 0 spiro atoms. The number of carbonyl (C=O) groups excluding carboxylic acids is 1. The highest BCUT2D eigenvalue weighted by atomic mass is 35.5. The van der Waals surface area contributed by atoms with Gasteiger partial charge in [-0.25, -0.2) is 4.79 Å². The van der Waals surface area contributed by atoms with Crippen molar-refractivity contribution >= 4 is 28.6 Å². The zero-order valence-electron chi connectivity index (χ0n) is 16.4. The highest BCUT2D eigenvalue weighted by molar-refractivity contribution is 6.31. The predicted molar refractivity (Wildman–Crippen MR) is 108 cm³/mol. The van der Waals surface area contributed by atoms with E-state index >= 15 is 0 Å². The number of piperidine rings is 1. The molecule has 2 aromatic rings. The van der Waals surface area contributed by atoms with Crippen LogP contribution in [-0.2, 0) is 9.47 Å². The molecule has 3 heterocycles. The van der Waals surface area contributed by atoms with E-state index in [4.69, 9.17) is 26.8 Å². The van der Waals surface area contributed by atoms with Gasteiger partial charge in [0.15, 0.2) is 0 Å². The Bertz CT molecular complexity index is 878. The number of H-pyrrole nitrogens is 1. The number of epoxide rings is 1. The highest BCUT2D eigenvalue weighted by Gasteiger charge is 2.44. The quantitative estimate of drug-likeness (QED) is 0.680. The minimum Gasteiger partial charge on any atom is -0.444 e. The molecular weight excluding hydrogens is 380 g/mol. The van der Waals surface area contributed by atoms with Crippen LogP contribution in [0.3, 0.4) is 0 Å². The predicted octanol–water partition coefficient (Wildman–Crippen LogP) is 3.15. The monoisotopic (exact) mass is 406 g/mol. The zero-order valence-corrected chi connectivity index (χ0v) is 17.1. The Hall–Kier alpha value is -1.80. The number of ether oxygens (including phenoxy) is 2. The number of carbonyl (C=O) groups is 1. The standard InChI is InChI=1S/C20H27ClN4O3/c1-20(2,3)28-19(26)25-7-6-15(13(22)10-25)24-18-17(27-18)16-9-11-8-12(21)4-5-14(11)23-16/h4-5,8-9,13,15,17-18,23-24H,6-7,10,22H2,1-3H3/t13-,15+,17?,18?/m1/s1. The number of nitrogens with zero attached hydrogens (tertiary/aromatic N) is 1. The van der Waals surface area contributed by atoms with E-state index < -0.39 is 5.60 Å². The SMILES string of the molecule is CC(C)(C)OC(=O)N1CC[C@H](NC2OC2c2cc3cc(Cl)ccc3[nH]2)[C@H](N)C1. The molecule has 1 amide bonds. The van der Waals surface area contributed by atoms with Gasteiger partial charge in [-0.15, -0.1) is 0 Å². The number of nitrogens with two attached hydrogens (primary N) is 1. The maximum Gasteiger partial charge on any atom is 0.410 e. The van der Waals surface area contributed by atoms with E-state index in [-0.39, 0.29) is 30.5 Å². The summed E-state index contributed by atoms with van der Waals surface area (Å²) in [5, 5.41) is 5.27. The first-order valence-electron chi connectivity index (χ1n) is 9.63. The Balaban J connectivity index is 1.32. The van der Waals surface area contributed by atoms with Gasteiger partial charge in [0.25, 0.3) is 0 Å². The van der Waals surface area contributed by atoms with Crippen LogP contribution >= 0.6 is 11.6 Å². The van der Waals surface area contributed by atoms with E-state index in [0.29, 0.717) is 18.1 Å². The van der Waals surface area contributed by atoms with Gasteiger partial charge in [-0.05, 0) is 51.5 Å². The Labute approximate surface area is 169 Å². The van der Waals surface area contributed by atoms with Crippen LogP contribution in [0.1, 0.15) is 39.0 Å². The van der Waals surface area contributed by atoms with Gasteiger partial charge >= 0.3 is 6.09 Å². The third-order valence-corrected chi connectivity index (χ3v) is 5.32. The van der Waals surface area contributed by atoms with Crippen molar-refractivity contribution in [3.8, 4) is 0 Å².